The van der Waals surface area contributed by atoms with Gasteiger partial charge in [-0.1, -0.05) is 24.3 Å². The second kappa shape index (κ2) is 7.72. The highest BCUT2D eigenvalue weighted by Gasteiger charge is 2.09. The number of nitrogens with zero attached hydrogens (tertiary/aromatic N) is 2. The largest absolute Gasteiger partial charge is 0.378 e. The maximum atomic E-state index is 13.4. The van der Waals surface area contributed by atoms with Gasteiger partial charge in [-0.25, -0.2) is 9.37 Å². The molecule has 4 rings (SSSR count). The average Bonchev–Trinajstić information content (AvgIpc) is 2.73. The third kappa shape index (κ3) is 4.09. The van der Waals surface area contributed by atoms with Crippen molar-refractivity contribution in [2.75, 3.05) is 24.3 Å². The van der Waals surface area contributed by atoms with E-state index in [-0.39, 0.29) is 11.5 Å². The highest BCUT2D eigenvalue weighted by atomic mass is 19.1. The molecule has 0 radical (unpaired) electrons. The summed E-state index contributed by atoms with van der Waals surface area (Å²) in [6.07, 6.45) is 0. The predicted octanol–water partition coefficient (Wildman–Crippen LogP) is 5.36. The van der Waals surface area contributed by atoms with Crippen LogP contribution < -0.4 is 10.2 Å². The van der Waals surface area contributed by atoms with Crippen molar-refractivity contribution in [2.45, 2.75) is 0 Å². The lowest BCUT2D eigenvalue weighted by molar-refractivity contribution is 0.102. The molecule has 0 spiro atoms. The molecule has 0 fully saturated rings. The first-order chi connectivity index (χ1) is 14.0. The van der Waals surface area contributed by atoms with E-state index in [0.29, 0.717) is 5.69 Å². The van der Waals surface area contributed by atoms with Crippen LogP contribution in [0.25, 0.3) is 22.2 Å². The van der Waals surface area contributed by atoms with Crippen molar-refractivity contribution in [3.05, 3.63) is 90.2 Å². The summed E-state index contributed by atoms with van der Waals surface area (Å²) in [4.78, 5) is 19.2. The first-order valence-corrected chi connectivity index (χ1v) is 9.25. The van der Waals surface area contributed by atoms with Gasteiger partial charge in [-0.15, -0.1) is 0 Å². The van der Waals surface area contributed by atoms with Gasteiger partial charge in [0, 0.05) is 42.0 Å². The number of halogens is 1. The van der Waals surface area contributed by atoms with Crippen molar-refractivity contribution in [3.8, 4) is 11.3 Å². The van der Waals surface area contributed by atoms with Gasteiger partial charge in [0.2, 0.25) is 0 Å². The zero-order chi connectivity index (χ0) is 20.4. The maximum absolute atomic E-state index is 13.4. The summed E-state index contributed by atoms with van der Waals surface area (Å²) in [5, 5.41) is 3.88. The first-order valence-electron chi connectivity index (χ1n) is 9.25. The lowest BCUT2D eigenvalue weighted by atomic mass is 10.1. The van der Waals surface area contributed by atoms with Crippen LogP contribution in [-0.2, 0) is 0 Å². The average molecular weight is 385 g/mol. The first kappa shape index (κ1) is 18.6. The summed E-state index contributed by atoms with van der Waals surface area (Å²) < 4.78 is 13.4. The Hall–Kier alpha value is -3.73. The van der Waals surface area contributed by atoms with E-state index in [1.54, 1.807) is 12.1 Å². The van der Waals surface area contributed by atoms with Crippen LogP contribution in [0.2, 0.25) is 0 Å². The lowest BCUT2D eigenvalue weighted by Gasteiger charge is -2.13. The number of benzene rings is 3. The van der Waals surface area contributed by atoms with Crippen LogP contribution in [0.4, 0.5) is 15.8 Å². The molecule has 144 valence electrons. The molecular weight excluding hydrogens is 365 g/mol. The van der Waals surface area contributed by atoms with Crippen LogP contribution in [0.3, 0.4) is 0 Å². The van der Waals surface area contributed by atoms with Crippen LogP contribution in [0.5, 0.6) is 0 Å². The number of amides is 1. The van der Waals surface area contributed by atoms with Gasteiger partial charge in [-0.2, -0.15) is 0 Å². The minimum Gasteiger partial charge on any atom is -0.378 e. The molecule has 0 aliphatic heterocycles. The smallest absolute Gasteiger partial charge is 0.255 e. The van der Waals surface area contributed by atoms with Gasteiger partial charge in [0.05, 0.1) is 11.2 Å². The number of carbonyl (C=O) groups excluding carboxylic acids is 1. The Bertz CT molecular complexity index is 1200. The van der Waals surface area contributed by atoms with E-state index in [1.165, 1.54) is 18.2 Å². The number of nitrogens with one attached hydrogen (secondary N) is 1. The van der Waals surface area contributed by atoms with Crippen LogP contribution in [-0.4, -0.2) is 25.0 Å². The molecule has 0 unspecified atom stereocenters. The summed E-state index contributed by atoms with van der Waals surface area (Å²) in [5.74, 6) is -0.798. The number of anilines is 2. The summed E-state index contributed by atoms with van der Waals surface area (Å²) in [6.45, 7) is 0. The van der Waals surface area contributed by atoms with E-state index in [2.05, 4.69) is 16.3 Å². The number of carbonyl (C=O) groups is 1. The van der Waals surface area contributed by atoms with Gasteiger partial charge in [-0.3, -0.25) is 4.79 Å². The standard InChI is InChI=1S/C24H20FN3O/c1-28(2)21-10-12-23-17(15-21)9-11-22(27-23)16-5-4-8-20(14-16)26-24(29)18-6-3-7-19(25)13-18/h3-15H,1-2H3,(H,26,29). The molecule has 4 nitrogen and oxygen atoms in total. The van der Waals surface area contributed by atoms with Crippen molar-refractivity contribution >= 4 is 28.2 Å². The number of hydrogen-bond acceptors (Lipinski definition) is 3. The molecule has 1 N–H and O–H groups in total. The topological polar surface area (TPSA) is 45.2 Å². The zero-order valence-corrected chi connectivity index (χ0v) is 16.2. The van der Waals surface area contributed by atoms with Crippen LogP contribution in [0, 0.1) is 5.82 Å². The Kier molecular flexibility index (Phi) is 4.96. The van der Waals surface area contributed by atoms with Crippen molar-refractivity contribution in [2.24, 2.45) is 0 Å². The van der Waals surface area contributed by atoms with Crippen molar-refractivity contribution in [1.29, 1.82) is 0 Å². The molecule has 1 aromatic heterocycles. The number of fused-ring (bicyclic) bond motifs is 1. The third-order valence-electron chi connectivity index (χ3n) is 4.69. The Morgan fingerprint density at radius 3 is 2.55 bits per heavy atom. The van der Waals surface area contributed by atoms with E-state index in [4.69, 9.17) is 4.98 Å². The highest BCUT2D eigenvalue weighted by molar-refractivity contribution is 6.04. The van der Waals surface area contributed by atoms with E-state index in [1.807, 2.05) is 56.6 Å². The summed E-state index contributed by atoms with van der Waals surface area (Å²) in [5.41, 5.74) is 4.63. The van der Waals surface area contributed by atoms with Gasteiger partial charge < -0.3 is 10.2 Å². The Morgan fingerprint density at radius 1 is 0.931 bits per heavy atom. The number of rotatable bonds is 4. The fraction of sp³-hybridized carbons (Fsp3) is 0.0833. The fourth-order valence-corrected chi connectivity index (χ4v) is 3.14. The molecule has 0 aliphatic carbocycles. The molecule has 1 heterocycles. The summed E-state index contributed by atoms with van der Waals surface area (Å²) in [7, 11) is 4.01. The molecule has 4 aromatic rings. The van der Waals surface area contributed by atoms with Gasteiger partial charge in [0.25, 0.3) is 5.91 Å². The monoisotopic (exact) mass is 385 g/mol. The van der Waals surface area contributed by atoms with Crippen molar-refractivity contribution in [3.63, 3.8) is 0 Å². The van der Waals surface area contributed by atoms with Crippen LogP contribution in [0.1, 0.15) is 10.4 Å². The molecule has 0 saturated carbocycles. The minimum atomic E-state index is -0.441. The van der Waals surface area contributed by atoms with E-state index >= 15 is 0 Å². The van der Waals surface area contributed by atoms with Gasteiger partial charge in [0.15, 0.2) is 0 Å². The third-order valence-corrected chi connectivity index (χ3v) is 4.69. The molecule has 0 aliphatic rings. The normalized spacial score (nSPS) is 10.7. The zero-order valence-electron chi connectivity index (χ0n) is 16.2. The van der Waals surface area contributed by atoms with Gasteiger partial charge >= 0.3 is 0 Å². The predicted molar refractivity (Wildman–Crippen MR) is 116 cm³/mol. The second-order valence-corrected chi connectivity index (χ2v) is 7.01. The molecule has 3 aromatic carbocycles. The van der Waals surface area contributed by atoms with E-state index in [0.717, 1.165) is 27.8 Å². The summed E-state index contributed by atoms with van der Waals surface area (Å²) in [6, 6.07) is 23.2. The Labute approximate surface area is 168 Å². The number of hydrogen-bond donors (Lipinski definition) is 1. The van der Waals surface area contributed by atoms with Crippen LogP contribution >= 0.6 is 0 Å². The quantitative estimate of drug-likeness (QED) is 0.514. The molecule has 5 heteroatoms. The molecule has 29 heavy (non-hydrogen) atoms. The van der Waals surface area contributed by atoms with Crippen molar-refractivity contribution in [1.82, 2.24) is 4.98 Å². The number of aromatic nitrogens is 1. The number of pyridine rings is 1. The highest BCUT2D eigenvalue weighted by Crippen LogP contribution is 2.26. The molecular formula is C24H20FN3O. The van der Waals surface area contributed by atoms with E-state index in [9.17, 15) is 9.18 Å². The molecule has 0 saturated heterocycles. The van der Waals surface area contributed by atoms with Gasteiger partial charge in [-0.05, 0) is 54.6 Å². The molecule has 0 atom stereocenters. The van der Waals surface area contributed by atoms with Crippen molar-refractivity contribution < 1.29 is 9.18 Å². The summed E-state index contributed by atoms with van der Waals surface area (Å²) >= 11 is 0. The fourth-order valence-electron chi connectivity index (χ4n) is 3.14. The Balaban J connectivity index is 1.61. The Morgan fingerprint density at radius 2 is 1.76 bits per heavy atom. The lowest BCUT2D eigenvalue weighted by Crippen LogP contribution is -2.12. The maximum Gasteiger partial charge on any atom is 0.255 e. The molecule has 0 bridgehead atoms. The second-order valence-electron chi connectivity index (χ2n) is 7.01. The van der Waals surface area contributed by atoms with Crippen LogP contribution in [0.15, 0.2) is 78.9 Å². The van der Waals surface area contributed by atoms with Gasteiger partial charge in [0.1, 0.15) is 5.82 Å². The molecule has 1 amide bonds. The minimum absolute atomic E-state index is 0.274. The SMILES string of the molecule is CN(C)c1ccc2nc(-c3cccc(NC(=O)c4cccc(F)c4)c3)ccc2c1. The van der Waals surface area contributed by atoms with E-state index < -0.39 is 5.82 Å².